The van der Waals surface area contributed by atoms with E-state index in [2.05, 4.69) is 39.3 Å². The molecule has 0 saturated heterocycles. The Balaban J connectivity index is 2.07. The Hall–Kier alpha value is -1.29. The van der Waals surface area contributed by atoms with Crippen molar-refractivity contribution in [1.29, 1.82) is 0 Å². The molecule has 2 aromatic rings. The monoisotopic (exact) mass is 294 g/mol. The highest BCUT2D eigenvalue weighted by molar-refractivity contribution is 9.10. The van der Waals surface area contributed by atoms with Crippen molar-refractivity contribution in [2.45, 2.75) is 27.0 Å². The summed E-state index contributed by atoms with van der Waals surface area (Å²) in [5, 5.41) is 0. The molecule has 0 saturated carbocycles. The van der Waals surface area contributed by atoms with Gasteiger partial charge in [-0.05, 0) is 32.0 Å². The first-order valence-corrected chi connectivity index (χ1v) is 6.39. The van der Waals surface area contributed by atoms with E-state index in [1.165, 1.54) is 5.69 Å². The molecule has 1 heterocycles. The van der Waals surface area contributed by atoms with Crippen molar-refractivity contribution in [2.24, 2.45) is 0 Å². The van der Waals surface area contributed by atoms with Gasteiger partial charge in [0.05, 0.1) is 0 Å². The summed E-state index contributed by atoms with van der Waals surface area (Å²) < 4.78 is 8.88. The molecule has 1 aromatic carbocycles. The Kier molecular flexibility index (Phi) is 3.84. The summed E-state index contributed by atoms with van der Waals surface area (Å²) in [5.41, 5.74) is 1.17. The highest BCUT2D eigenvalue weighted by Gasteiger charge is 2.05. The van der Waals surface area contributed by atoms with Gasteiger partial charge < -0.3 is 9.30 Å². The van der Waals surface area contributed by atoms with Gasteiger partial charge in [-0.2, -0.15) is 0 Å². The first-order chi connectivity index (χ1) is 8.20. The zero-order chi connectivity index (χ0) is 12.3. The van der Waals surface area contributed by atoms with Gasteiger partial charge in [0.2, 0.25) is 0 Å². The number of rotatable bonds is 4. The van der Waals surface area contributed by atoms with Gasteiger partial charge in [0.1, 0.15) is 18.2 Å². The smallest absolute Gasteiger partial charge is 0.146 e. The Morgan fingerprint density at radius 3 is 2.94 bits per heavy atom. The van der Waals surface area contributed by atoms with Crippen molar-refractivity contribution < 1.29 is 4.74 Å². The third-order valence-corrected chi connectivity index (χ3v) is 3.11. The van der Waals surface area contributed by atoms with Crippen molar-refractivity contribution in [3.8, 4) is 5.75 Å². The normalized spacial score (nSPS) is 10.5. The van der Waals surface area contributed by atoms with Crippen LogP contribution in [-0.4, -0.2) is 9.55 Å². The van der Waals surface area contributed by atoms with Gasteiger partial charge in [0.25, 0.3) is 0 Å². The minimum atomic E-state index is 0.498. The third-order valence-electron chi connectivity index (χ3n) is 2.62. The predicted octanol–water partition coefficient (Wildman–Crippen LogP) is 3.55. The summed E-state index contributed by atoms with van der Waals surface area (Å²) in [5.74, 6) is 1.81. The number of benzene rings is 1. The van der Waals surface area contributed by atoms with E-state index in [0.717, 1.165) is 22.6 Å². The molecule has 2 rings (SSSR count). The van der Waals surface area contributed by atoms with Crippen LogP contribution in [0, 0.1) is 6.92 Å². The van der Waals surface area contributed by atoms with Crippen molar-refractivity contribution in [1.82, 2.24) is 9.55 Å². The Labute approximate surface area is 110 Å². The highest BCUT2D eigenvalue weighted by atomic mass is 79.9. The number of ether oxygens (including phenoxy) is 1. The molecule has 0 aliphatic carbocycles. The molecule has 90 valence electrons. The molecule has 0 N–H and O–H groups in total. The van der Waals surface area contributed by atoms with Crippen LogP contribution in [0.3, 0.4) is 0 Å². The van der Waals surface area contributed by atoms with E-state index in [-0.39, 0.29) is 0 Å². The van der Waals surface area contributed by atoms with Crippen molar-refractivity contribution in [2.75, 3.05) is 0 Å². The lowest BCUT2D eigenvalue weighted by Crippen LogP contribution is -2.07. The number of halogens is 1. The summed E-state index contributed by atoms with van der Waals surface area (Å²) in [6.07, 6.45) is 1.88. The second-order valence-corrected chi connectivity index (χ2v) is 4.72. The molecule has 0 fully saturated rings. The molecular weight excluding hydrogens is 280 g/mol. The molecule has 1 aromatic heterocycles. The number of aryl methyl sites for hydroxylation is 1. The minimum absolute atomic E-state index is 0.498. The maximum atomic E-state index is 5.72. The van der Waals surface area contributed by atoms with Gasteiger partial charge in [-0.3, -0.25) is 0 Å². The molecule has 0 aliphatic heterocycles. The molecule has 0 aliphatic rings. The lowest BCUT2D eigenvalue weighted by Gasteiger charge is -2.09. The number of hydrogen-bond acceptors (Lipinski definition) is 2. The van der Waals surface area contributed by atoms with E-state index in [1.54, 1.807) is 0 Å². The molecular formula is C13H15BrN2O. The van der Waals surface area contributed by atoms with E-state index in [0.29, 0.717) is 6.61 Å². The van der Waals surface area contributed by atoms with Crippen LogP contribution in [0.5, 0.6) is 5.75 Å². The molecule has 17 heavy (non-hydrogen) atoms. The standard InChI is InChI=1S/C13H15BrN2O/c1-3-16-10(2)8-15-13(16)9-17-12-6-4-5-11(14)7-12/h4-8H,3,9H2,1-2H3. The summed E-state index contributed by atoms with van der Waals surface area (Å²) in [7, 11) is 0. The van der Waals surface area contributed by atoms with Gasteiger partial charge in [-0.1, -0.05) is 22.0 Å². The van der Waals surface area contributed by atoms with Crippen LogP contribution in [-0.2, 0) is 13.2 Å². The first kappa shape index (κ1) is 12.2. The van der Waals surface area contributed by atoms with Gasteiger partial charge in [-0.15, -0.1) is 0 Å². The molecule has 4 heteroatoms. The average molecular weight is 295 g/mol. The second kappa shape index (κ2) is 5.36. The summed E-state index contributed by atoms with van der Waals surface area (Å²) in [4.78, 5) is 4.35. The Morgan fingerprint density at radius 2 is 2.24 bits per heavy atom. The van der Waals surface area contributed by atoms with Crippen LogP contribution in [0.15, 0.2) is 34.9 Å². The first-order valence-electron chi connectivity index (χ1n) is 5.60. The predicted molar refractivity (Wildman–Crippen MR) is 71.1 cm³/mol. The minimum Gasteiger partial charge on any atom is -0.486 e. The van der Waals surface area contributed by atoms with Crippen LogP contribution in [0.2, 0.25) is 0 Å². The molecule has 0 bridgehead atoms. The largest absolute Gasteiger partial charge is 0.486 e. The van der Waals surface area contributed by atoms with Gasteiger partial charge in [0, 0.05) is 22.9 Å². The molecule has 0 atom stereocenters. The lowest BCUT2D eigenvalue weighted by molar-refractivity contribution is 0.289. The fourth-order valence-corrected chi connectivity index (χ4v) is 2.14. The Bertz CT molecular complexity index is 508. The van der Waals surface area contributed by atoms with Crippen LogP contribution < -0.4 is 4.74 Å². The van der Waals surface area contributed by atoms with Gasteiger partial charge in [0.15, 0.2) is 0 Å². The van der Waals surface area contributed by atoms with E-state index < -0.39 is 0 Å². The highest BCUT2D eigenvalue weighted by Crippen LogP contribution is 2.18. The van der Waals surface area contributed by atoms with Crippen molar-refractivity contribution in [3.05, 3.63) is 46.5 Å². The zero-order valence-corrected chi connectivity index (χ0v) is 11.6. The fourth-order valence-electron chi connectivity index (χ4n) is 1.76. The summed E-state index contributed by atoms with van der Waals surface area (Å²) in [6, 6.07) is 7.82. The Morgan fingerprint density at radius 1 is 1.41 bits per heavy atom. The second-order valence-electron chi connectivity index (χ2n) is 3.81. The van der Waals surface area contributed by atoms with Crippen LogP contribution in [0.1, 0.15) is 18.4 Å². The van der Waals surface area contributed by atoms with E-state index >= 15 is 0 Å². The zero-order valence-electron chi connectivity index (χ0n) is 9.98. The van der Waals surface area contributed by atoms with Crippen molar-refractivity contribution in [3.63, 3.8) is 0 Å². The maximum absolute atomic E-state index is 5.72. The van der Waals surface area contributed by atoms with Crippen LogP contribution in [0.25, 0.3) is 0 Å². The lowest BCUT2D eigenvalue weighted by atomic mass is 10.3. The molecule has 3 nitrogen and oxygen atoms in total. The van der Waals surface area contributed by atoms with Gasteiger partial charge >= 0.3 is 0 Å². The quantitative estimate of drug-likeness (QED) is 0.862. The number of imidazole rings is 1. The van der Waals surface area contributed by atoms with Crippen LogP contribution >= 0.6 is 15.9 Å². The summed E-state index contributed by atoms with van der Waals surface area (Å²) in [6.45, 7) is 5.58. The number of aromatic nitrogens is 2. The number of nitrogens with zero attached hydrogens (tertiary/aromatic N) is 2. The molecule has 0 spiro atoms. The van der Waals surface area contributed by atoms with Crippen molar-refractivity contribution >= 4 is 15.9 Å². The molecule has 0 unspecified atom stereocenters. The fraction of sp³-hybridized carbons (Fsp3) is 0.308. The van der Waals surface area contributed by atoms with E-state index in [9.17, 15) is 0 Å². The van der Waals surface area contributed by atoms with Gasteiger partial charge in [-0.25, -0.2) is 4.98 Å². The topological polar surface area (TPSA) is 27.1 Å². The van der Waals surface area contributed by atoms with Crippen LogP contribution in [0.4, 0.5) is 0 Å². The summed E-state index contributed by atoms with van der Waals surface area (Å²) >= 11 is 3.42. The molecule has 0 radical (unpaired) electrons. The van der Waals surface area contributed by atoms with E-state index in [1.807, 2.05) is 30.5 Å². The SMILES string of the molecule is CCn1c(C)cnc1COc1cccc(Br)c1. The average Bonchev–Trinajstić information content (AvgIpc) is 2.67. The molecule has 0 amide bonds. The maximum Gasteiger partial charge on any atom is 0.146 e. The van der Waals surface area contributed by atoms with E-state index in [4.69, 9.17) is 4.74 Å². The number of hydrogen-bond donors (Lipinski definition) is 0. The third kappa shape index (κ3) is 2.88.